The quantitative estimate of drug-likeness (QED) is 0.239. The molecule has 4 rings (SSSR count). The molecule has 0 bridgehead atoms. The van der Waals surface area contributed by atoms with Gasteiger partial charge < -0.3 is 20.9 Å². The summed E-state index contributed by atoms with van der Waals surface area (Å²) in [5.74, 6) is -1.22. The largest absolute Gasteiger partial charge is 0.506 e. The van der Waals surface area contributed by atoms with Crippen molar-refractivity contribution in [1.82, 2.24) is 4.98 Å². The number of rotatable bonds is 6. The molecule has 0 saturated heterocycles. The highest BCUT2D eigenvalue weighted by Gasteiger charge is 2.24. The Morgan fingerprint density at radius 1 is 1.12 bits per heavy atom. The predicted octanol–water partition coefficient (Wildman–Crippen LogP) is 5.16. The normalized spacial score (nSPS) is 12.7. The monoisotopic (exact) mass is 606 g/mol. The summed E-state index contributed by atoms with van der Waals surface area (Å²) >= 11 is 6.69. The molecule has 0 unspecified atom stereocenters. The molecule has 3 aromatic carbocycles. The van der Waals surface area contributed by atoms with Crippen molar-refractivity contribution in [2.75, 3.05) is 0 Å². The zero-order chi connectivity index (χ0) is 24.8. The van der Waals surface area contributed by atoms with Crippen LogP contribution in [0, 0.1) is 6.92 Å². The zero-order valence-electron chi connectivity index (χ0n) is 17.8. The lowest BCUT2D eigenvalue weighted by Crippen LogP contribution is -2.32. The van der Waals surface area contributed by atoms with Crippen LogP contribution in [0.15, 0.2) is 73.5 Å². The van der Waals surface area contributed by atoms with E-state index in [-0.39, 0.29) is 22.0 Å². The van der Waals surface area contributed by atoms with E-state index in [1.54, 1.807) is 48.5 Å². The first-order valence-corrected chi connectivity index (χ1v) is 13.2. The number of aliphatic carboxylic acids is 1. The molecular weight excluding hydrogens is 588 g/mol. The van der Waals surface area contributed by atoms with Crippen LogP contribution in [0.5, 0.6) is 5.75 Å². The maximum Gasteiger partial charge on any atom is 0.320 e. The summed E-state index contributed by atoms with van der Waals surface area (Å²) < 4.78 is 27.4. The van der Waals surface area contributed by atoms with Crippen LogP contribution >= 0.6 is 31.9 Å². The van der Waals surface area contributed by atoms with Gasteiger partial charge in [-0.3, -0.25) is 4.79 Å². The Morgan fingerprint density at radius 3 is 2.44 bits per heavy atom. The number of halogens is 2. The first-order valence-electron chi connectivity index (χ1n) is 10.1. The number of aromatic nitrogens is 1. The van der Waals surface area contributed by atoms with E-state index in [1.165, 1.54) is 6.20 Å². The van der Waals surface area contributed by atoms with Crippen molar-refractivity contribution in [2.24, 2.45) is 5.73 Å². The minimum atomic E-state index is -3.80. The molecule has 1 atom stereocenters. The number of nitrogens with one attached hydrogen (secondary N) is 1. The Kier molecular flexibility index (Phi) is 6.61. The van der Waals surface area contributed by atoms with Gasteiger partial charge in [-0.25, -0.2) is 8.42 Å². The number of aryl methyl sites for hydroxylation is 1. The van der Waals surface area contributed by atoms with Crippen molar-refractivity contribution in [2.45, 2.75) is 29.2 Å². The summed E-state index contributed by atoms with van der Waals surface area (Å²) in [6, 6.07) is 12.3. The van der Waals surface area contributed by atoms with Crippen LogP contribution < -0.4 is 5.73 Å². The van der Waals surface area contributed by atoms with E-state index in [4.69, 9.17) is 5.73 Å². The standard InChI is InChI=1S/C24H20Br2N2O5S/c1-12-2-5-15(6-3-12)34(32,33)20-11-28-19-7-4-13(8-16(19)20)21-14(10-18(27)24(30)31)9-17(25)23(29)22(21)26/h2-9,11,18,28-29H,10,27H2,1H3,(H,30,31)/t18-/m0/s1. The third-order valence-electron chi connectivity index (χ3n) is 5.59. The smallest absolute Gasteiger partial charge is 0.320 e. The highest BCUT2D eigenvalue weighted by Crippen LogP contribution is 2.44. The van der Waals surface area contributed by atoms with Crippen LogP contribution in [-0.4, -0.2) is 35.6 Å². The summed E-state index contributed by atoms with van der Waals surface area (Å²) in [5.41, 5.74) is 9.05. The van der Waals surface area contributed by atoms with Gasteiger partial charge in [-0.05, 0) is 86.7 Å². The summed E-state index contributed by atoms with van der Waals surface area (Å²) in [5, 5.41) is 20.3. The van der Waals surface area contributed by atoms with Crippen molar-refractivity contribution in [3.05, 3.63) is 74.8 Å². The maximum atomic E-state index is 13.4. The number of hydrogen-bond acceptors (Lipinski definition) is 5. The number of phenolic OH excluding ortho intramolecular Hbond substituents is 1. The van der Waals surface area contributed by atoms with Gasteiger partial charge in [0.15, 0.2) is 0 Å². The molecule has 176 valence electrons. The van der Waals surface area contributed by atoms with Gasteiger partial charge in [0.25, 0.3) is 0 Å². The summed E-state index contributed by atoms with van der Waals surface area (Å²) in [6.45, 7) is 1.88. The van der Waals surface area contributed by atoms with Crippen molar-refractivity contribution in [3.8, 4) is 16.9 Å². The van der Waals surface area contributed by atoms with Crippen molar-refractivity contribution in [1.29, 1.82) is 0 Å². The number of carboxylic acid groups (broad SMARTS) is 1. The van der Waals surface area contributed by atoms with Gasteiger partial charge >= 0.3 is 5.97 Å². The van der Waals surface area contributed by atoms with Crippen LogP contribution in [0.4, 0.5) is 0 Å². The van der Waals surface area contributed by atoms with E-state index in [0.29, 0.717) is 36.5 Å². The number of fused-ring (bicyclic) bond motifs is 1. The predicted molar refractivity (Wildman–Crippen MR) is 137 cm³/mol. The summed E-state index contributed by atoms with van der Waals surface area (Å²) in [7, 11) is -3.80. The van der Waals surface area contributed by atoms with Crippen LogP contribution in [-0.2, 0) is 21.1 Å². The third-order valence-corrected chi connectivity index (χ3v) is 8.77. The minimum Gasteiger partial charge on any atom is -0.506 e. The number of benzene rings is 3. The fourth-order valence-electron chi connectivity index (χ4n) is 3.77. The zero-order valence-corrected chi connectivity index (χ0v) is 21.8. The van der Waals surface area contributed by atoms with Gasteiger partial charge in [0.05, 0.1) is 18.7 Å². The summed E-state index contributed by atoms with van der Waals surface area (Å²) in [6.07, 6.45) is 1.46. The molecular formula is C24H20Br2N2O5S. The molecule has 34 heavy (non-hydrogen) atoms. The highest BCUT2D eigenvalue weighted by molar-refractivity contribution is 9.11. The number of sulfone groups is 1. The van der Waals surface area contributed by atoms with E-state index in [0.717, 1.165) is 5.56 Å². The number of carbonyl (C=O) groups is 1. The topological polar surface area (TPSA) is 133 Å². The fourth-order valence-corrected chi connectivity index (χ4v) is 6.63. The molecule has 5 N–H and O–H groups in total. The van der Waals surface area contributed by atoms with E-state index < -0.39 is 21.8 Å². The van der Waals surface area contributed by atoms with Crippen LogP contribution in [0.25, 0.3) is 22.0 Å². The van der Waals surface area contributed by atoms with Crippen molar-refractivity contribution >= 4 is 58.6 Å². The second kappa shape index (κ2) is 9.18. The second-order valence-corrected chi connectivity index (χ2v) is 11.5. The van der Waals surface area contributed by atoms with Gasteiger partial charge in [0.1, 0.15) is 11.8 Å². The van der Waals surface area contributed by atoms with Crippen LogP contribution in [0.1, 0.15) is 11.1 Å². The third kappa shape index (κ3) is 4.38. The number of hydrogen-bond donors (Lipinski definition) is 4. The molecule has 0 aliphatic carbocycles. The Balaban J connectivity index is 1.91. The van der Waals surface area contributed by atoms with Crippen LogP contribution in [0.2, 0.25) is 0 Å². The lowest BCUT2D eigenvalue weighted by Gasteiger charge is -2.17. The van der Waals surface area contributed by atoms with E-state index in [9.17, 15) is 23.4 Å². The van der Waals surface area contributed by atoms with Gasteiger partial charge in [-0.15, -0.1) is 0 Å². The molecule has 10 heteroatoms. The Labute approximate surface area is 212 Å². The van der Waals surface area contributed by atoms with Gasteiger partial charge in [-0.1, -0.05) is 23.8 Å². The van der Waals surface area contributed by atoms with E-state index >= 15 is 0 Å². The number of aromatic hydroxyl groups is 1. The Bertz CT molecular complexity index is 1530. The minimum absolute atomic E-state index is 0.00183. The molecule has 0 aliphatic rings. The van der Waals surface area contributed by atoms with Crippen molar-refractivity contribution < 1.29 is 23.4 Å². The molecule has 0 spiro atoms. The number of H-pyrrole nitrogens is 1. The maximum absolute atomic E-state index is 13.4. The molecule has 1 aromatic heterocycles. The Hall–Kier alpha value is -2.66. The molecule has 0 saturated carbocycles. The molecule has 4 aromatic rings. The van der Waals surface area contributed by atoms with Gasteiger partial charge in [-0.2, -0.15) is 0 Å². The number of carboxylic acids is 1. The lowest BCUT2D eigenvalue weighted by molar-refractivity contribution is -0.138. The first-order chi connectivity index (χ1) is 16.0. The number of aromatic amines is 1. The SMILES string of the molecule is Cc1ccc(S(=O)(=O)c2c[nH]c3ccc(-c4c(C[C@H](N)C(=O)O)cc(Br)c(O)c4Br)cc23)cc1. The number of phenols is 1. The molecule has 7 nitrogen and oxygen atoms in total. The van der Waals surface area contributed by atoms with Gasteiger partial charge in [0.2, 0.25) is 9.84 Å². The van der Waals surface area contributed by atoms with Crippen molar-refractivity contribution in [3.63, 3.8) is 0 Å². The molecule has 0 radical (unpaired) electrons. The fraction of sp³-hybridized carbons (Fsp3) is 0.125. The van der Waals surface area contributed by atoms with Crippen LogP contribution in [0.3, 0.4) is 0 Å². The average Bonchev–Trinajstić information content (AvgIpc) is 3.22. The van der Waals surface area contributed by atoms with E-state index in [1.807, 2.05) is 6.92 Å². The molecule has 0 amide bonds. The molecule has 1 heterocycles. The lowest BCUT2D eigenvalue weighted by atomic mass is 9.94. The molecule has 0 aliphatic heterocycles. The van der Waals surface area contributed by atoms with E-state index in [2.05, 4.69) is 36.8 Å². The number of nitrogens with two attached hydrogens (primary N) is 1. The first kappa shape index (κ1) is 24.5. The van der Waals surface area contributed by atoms with Gasteiger partial charge in [0, 0.05) is 22.7 Å². The Morgan fingerprint density at radius 2 is 1.79 bits per heavy atom. The second-order valence-electron chi connectivity index (χ2n) is 7.93. The average molecular weight is 608 g/mol. The highest BCUT2D eigenvalue weighted by atomic mass is 79.9. The summed E-state index contributed by atoms with van der Waals surface area (Å²) in [4.78, 5) is 14.7. The molecule has 0 fully saturated rings.